The van der Waals surface area contributed by atoms with Crippen LogP contribution < -0.4 is 4.74 Å². The number of methoxy groups -OCH3 is 1. The van der Waals surface area contributed by atoms with Crippen LogP contribution in [0.15, 0.2) is 61.2 Å². The summed E-state index contributed by atoms with van der Waals surface area (Å²) in [6.45, 7) is 11.0. The van der Waals surface area contributed by atoms with Crippen LogP contribution in [0.25, 0.3) is 0 Å². The number of benzene rings is 1. The lowest BCUT2D eigenvalue weighted by molar-refractivity contribution is 0.0889. The lowest BCUT2D eigenvalue weighted by atomic mass is 9.94. The molecule has 23 heavy (non-hydrogen) atoms. The predicted octanol–water partition coefficient (Wildman–Crippen LogP) is 4.13. The third kappa shape index (κ3) is 5.87. The van der Waals surface area contributed by atoms with E-state index in [-0.39, 0.29) is 11.7 Å². The van der Waals surface area contributed by atoms with Gasteiger partial charge in [-0.2, -0.15) is 0 Å². The first-order valence-corrected chi connectivity index (χ1v) is 7.86. The van der Waals surface area contributed by atoms with Gasteiger partial charge in [0.25, 0.3) is 0 Å². The molecule has 0 radical (unpaired) electrons. The van der Waals surface area contributed by atoms with E-state index >= 15 is 0 Å². The summed E-state index contributed by atoms with van der Waals surface area (Å²) < 4.78 is 5.20. The molecule has 0 amide bonds. The fourth-order valence-electron chi connectivity index (χ4n) is 2.50. The zero-order valence-corrected chi connectivity index (χ0v) is 14.4. The average molecular weight is 313 g/mol. The van der Waals surface area contributed by atoms with Gasteiger partial charge >= 0.3 is 0 Å². The number of ketones is 1. The normalized spacial score (nSPS) is 12.8. The van der Waals surface area contributed by atoms with Gasteiger partial charge in [0.15, 0.2) is 5.78 Å². The molecule has 0 spiro atoms. The van der Waals surface area contributed by atoms with Crippen LogP contribution in [-0.2, 0) is 0 Å². The summed E-state index contributed by atoms with van der Waals surface area (Å²) in [5.41, 5.74) is 1.79. The molecular formula is C20H27NO2. The Kier molecular flexibility index (Phi) is 8.06. The summed E-state index contributed by atoms with van der Waals surface area (Å²) in [7, 11) is 3.62. The van der Waals surface area contributed by atoms with E-state index in [1.807, 2.05) is 44.3 Å². The maximum absolute atomic E-state index is 12.7. The van der Waals surface area contributed by atoms with Crippen LogP contribution in [0, 0.1) is 5.92 Å². The van der Waals surface area contributed by atoms with E-state index in [1.54, 1.807) is 19.3 Å². The molecule has 0 aromatic heterocycles. The zero-order valence-electron chi connectivity index (χ0n) is 14.4. The second-order valence-corrected chi connectivity index (χ2v) is 5.58. The number of allylic oxidation sites excluding steroid dienone is 2. The number of carbonyl (C=O) groups excluding carboxylic acids is 1. The summed E-state index contributed by atoms with van der Waals surface area (Å²) >= 11 is 0. The molecule has 1 atom stereocenters. The van der Waals surface area contributed by atoms with Crippen molar-refractivity contribution in [1.29, 1.82) is 0 Å². The topological polar surface area (TPSA) is 29.5 Å². The number of ether oxygens (including phenoxy) is 1. The van der Waals surface area contributed by atoms with Gasteiger partial charge in [0.1, 0.15) is 5.75 Å². The molecule has 0 saturated carbocycles. The molecule has 0 saturated heterocycles. The SMILES string of the molecule is C=C/C=C(\C=C)CN(C)CC(CC)C(=O)c1cccc(OC)c1. The average Bonchev–Trinajstić information content (AvgIpc) is 2.58. The second-order valence-electron chi connectivity index (χ2n) is 5.58. The largest absolute Gasteiger partial charge is 0.497 e. The molecule has 3 nitrogen and oxygen atoms in total. The van der Waals surface area contributed by atoms with Crippen molar-refractivity contribution in [2.75, 3.05) is 27.2 Å². The van der Waals surface area contributed by atoms with Gasteiger partial charge < -0.3 is 9.64 Å². The van der Waals surface area contributed by atoms with Crippen LogP contribution in [0.3, 0.4) is 0 Å². The van der Waals surface area contributed by atoms with Gasteiger partial charge in [-0.25, -0.2) is 0 Å². The van der Waals surface area contributed by atoms with Crippen molar-refractivity contribution < 1.29 is 9.53 Å². The number of rotatable bonds is 10. The van der Waals surface area contributed by atoms with Crippen LogP contribution in [-0.4, -0.2) is 37.9 Å². The summed E-state index contributed by atoms with van der Waals surface area (Å²) in [5, 5.41) is 0. The Morgan fingerprint density at radius 3 is 2.70 bits per heavy atom. The van der Waals surface area contributed by atoms with Crippen molar-refractivity contribution in [2.45, 2.75) is 13.3 Å². The highest BCUT2D eigenvalue weighted by Gasteiger charge is 2.20. The number of Topliss-reactive ketones (excluding diaryl/α,β-unsaturated/α-hetero) is 1. The number of likely N-dealkylation sites (N-methyl/N-ethyl adjacent to an activating group) is 1. The lowest BCUT2D eigenvalue weighted by Crippen LogP contribution is -2.31. The first-order chi connectivity index (χ1) is 11.0. The molecule has 3 heteroatoms. The monoisotopic (exact) mass is 313 g/mol. The lowest BCUT2D eigenvalue weighted by Gasteiger charge is -2.23. The Balaban J connectivity index is 2.78. The summed E-state index contributed by atoms with van der Waals surface area (Å²) in [6.07, 6.45) is 6.32. The van der Waals surface area contributed by atoms with Crippen molar-refractivity contribution >= 4 is 5.78 Å². The summed E-state index contributed by atoms with van der Waals surface area (Å²) in [6, 6.07) is 7.35. The Bertz CT molecular complexity index is 575. The number of carbonyl (C=O) groups is 1. The Labute approximate surface area is 140 Å². The Hall–Kier alpha value is -2.13. The molecule has 0 N–H and O–H groups in total. The van der Waals surface area contributed by atoms with Crippen LogP contribution in [0.5, 0.6) is 5.75 Å². The molecule has 0 fully saturated rings. The van der Waals surface area contributed by atoms with E-state index in [0.717, 1.165) is 18.5 Å². The number of hydrogen-bond acceptors (Lipinski definition) is 3. The van der Waals surface area contributed by atoms with Gasteiger partial charge in [0, 0.05) is 24.6 Å². The third-order valence-corrected chi connectivity index (χ3v) is 3.80. The molecule has 0 bridgehead atoms. The quantitative estimate of drug-likeness (QED) is 0.480. The molecular weight excluding hydrogens is 286 g/mol. The van der Waals surface area contributed by atoms with Gasteiger partial charge in [-0.3, -0.25) is 4.79 Å². The minimum absolute atomic E-state index is 0.0399. The fraction of sp³-hybridized carbons (Fsp3) is 0.350. The van der Waals surface area contributed by atoms with Crippen molar-refractivity contribution in [1.82, 2.24) is 4.90 Å². The minimum atomic E-state index is -0.0399. The molecule has 1 rings (SSSR count). The Morgan fingerprint density at radius 2 is 2.13 bits per heavy atom. The van der Waals surface area contributed by atoms with Crippen LogP contribution >= 0.6 is 0 Å². The molecule has 124 valence electrons. The molecule has 0 heterocycles. The molecule has 1 aromatic carbocycles. The summed E-state index contributed by atoms with van der Waals surface area (Å²) in [5.74, 6) is 0.829. The van der Waals surface area contributed by atoms with Crippen molar-refractivity contribution in [3.05, 3.63) is 66.8 Å². The van der Waals surface area contributed by atoms with E-state index in [1.165, 1.54) is 0 Å². The molecule has 1 aromatic rings. The zero-order chi connectivity index (χ0) is 17.2. The van der Waals surface area contributed by atoms with Crippen LogP contribution in [0.1, 0.15) is 23.7 Å². The predicted molar refractivity (Wildman–Crippen MR) is 97.1 cm³/mol. The smallest absolute Gasteiger partial charge is 0.167 e. The fourth-order valence-corrected chi connectivity index (χ4v) is 2.50. The number of hydrogen-bond donors (Lipinski definition) is 0. The van der Waals surface area contributed by atoms with E-state index in [0.29, 0.717) is 17.9 Å². The van der Waals surface area contributed by atoms with Gasteiger partial charge in [-0.15, -0.1) is 0 Å². The number of nitrogens with zero attached hydrogens (tertiary/aromatic N) is 1. The van der Waals surface area contributed by atoms with Gasteiger partial charge in [0.2, 0.25) is 0 Å². The van der Waals surface area contributed by atoms with E-state index in [4.69, 9.17) is 4.74 Å². The summed E-state index contributed by atoms with van der Waals surface area (Å²) in [4.78, 5) is 14.9. The van der Waals surface area contributed by atoms with Gasteiger partial charge in [-0.1, -0.05) is 50.4 Å². The molecule has 0 aliphatic carbocycles. The first-order valence-electron chi connectivity index (χ1n) is 7.86. The Morgan fingerprint density at radius 1 is 1.39 bits per heavy atom. The first kappa shape index (κ1) is 18.9. The highest BCUT2D eigenvalue weighted by atomic mass is 16.5. The van der Waals surface area contributed by atoms with Crippen LogP contribution in [0.2, 0.25) is 0 Å². The van der Waals surface area contributed by atoms with Gasteiger partial charge in [0.05, 0.1) is 7.11 Å². The minimum Gasteiger partial charge on any atom is -0.497 e. The van der Waals surface area contributed by atoms with Crippen LogP contribution in [0.4, 0.5) is 0 Å². The third-order valence-electron chi connectivity index (χ3n) is 3.80. The molecule has 0 aliphatic rings. The molecule has 0 aliphatic heterocycles. The molecule has 1 unspecified atom stereocenters. The maximum atomic E-state index is 12.7. The van der Waals surface area contributed by atoms with Crippen molar-refractivity contribution in [2.24, 2.45) is 5.92 Å². The van der Waals surface area contributed by atoms with E-state index in [9.17, 15) is 4.79 Å². The highest BCUT2D eigenvalue weighted by molar-refractivity contribution is 5.98. The van der Waals surface area contributed by atoms with Crippen molar-refractivity contribution in [3.63, 3.8) is 0 Å². The maximum Gasteiger partial charge on any atom is 0.167 e. The van der Waals surface area contributed by atoms with E-state index < -0.39 is 0 Å². The highest BCUT2D eigenvalue weighted by Crippen LogP contribution is 2.19. The van der Waals surface area contributed by atoms with Gasteiger partial charge in [-0.05, 0) is 31.2 Å². The standard InChI is InChI=1S/C20H27NO2/c1-6-10-16(7-2)14-21(4)15-17(8-3)20(22)18-11-9-12-19(13-18)23-5/h6-7,9-13,17H,1-2,8,14-15H2,3-5H3/b16-10+. The van der Waals surface area contributed by atoms with Crippen molar-refractivity contribution in [3.8, 4) is 5.75 Å². The van der Waals surface area contributed by atoms with E-state index in [2.05, 4.69) is 18.1 Å². The second kappa shape index (κ2) is 9.80.